The molecule has 34 heavy (non-hydrogen) atoms. The third kappa shape index (κ3) is 4.26. The van der Waals surface area contributed by atoms with E-state index in [4.69, 9.17) is 18.9 Å². The molecular formula is C28H27NO4S. The molecule has 0 radical (unpaired) electrons. The molecule has 0 bridgehead atoms. The van der Waals surface area contributed by atoms with Crippen molar-refractivity contribution < 1.29 is 18.7 Å². The Morgan fingerprint density at radius 2 is 1.88 bits per heavy atom. The van der Waals surface area contributed by atoms with Gasteiger partial charge < -0.3 is 13.9 Å². The lowest BCUT2D eigenvalue weighted by Crippen LogP contribution is -2.08. The van der Waals surface area contributed by atoms with Gasteiger partial charge in [0.25, 0.3) is 0 Å². The van der Waals surface area contributed by atoms with Gasteiger partial charge in [-0.25, -0.2) is 9.79 Å². The molecule has 5 nitrogen and oxygen atoms in total. The minimum absolute atomic E-state index is 0.322. The predicted molar refractivity (Wildman–Crippen MR) is 135 cm³/mol. The van der Waals surface area contributed by atoms with Crippen LogP contribution < -0.4 is 10.1 Å². The van der Waals surface area contributed by atoms with Crippen LogP contribution in [0.3, 0.4) is 0 Å². The molecule has 0 amide bonds. The lowest BCUT2D eigenvalue weighted by Gasteiger charge is -2.11. The number of carbonyl (C=O) groups is 1. The summed E-state index contributed by atoms with van der Waals surface area (Å²) in [5, 5.41) is 2.27. The van der Waals surface area contributed by atoms with Gasteiger partial charge in [0.15, 0.2) is 0 Å². The number of rotatable bonds is 5. The number of ether oxygens (including phenoxy) is 2. The maximum absolute atomic E-state index is 12.8. The summed E-state index contributed by atoms with van der Waals surface area (Å²) in [5.74, 6) is 1.15. The highest BCUT2D eigenvalue weighted by Crippen LogP contribution is 2.40. The number of thiophene rings is 1. The first-order chi connectivity index (χ1) is 16.6. The Labute approximate surface area is 202 Å². The van der Waals surface area contributed by atoms with Crippen LogP contribution in [0.2, 0.25) is 0 Å². The molecule has 0 unspecified atom stereocenters. The van der Waals surface area contributed by atoms with Crippen LogP contribution in [-0.4, -0.2) is 19.7 Å². The summed E-state index contributed by atoms with van der Waals surface area (Å²) < 4.78 is 17.2. The summed E-state index contributed by atoms with van der Waals surface area (Å²) in [6.45, 7) is 4.59. The van der Waals surface area contributed by atoms with Crippen LogP contribution in [0.4, 0.5) is 5.00 Å². The SMILES string of the molecule is CCOc1ccc2oc(-c3ccc(C)cc3)c/c(=N\c3sc4c(c3C(=O)OC)CCCC4)c2c1. The van der Waals surface area contributed by atoms with Gasteiger partial charge in [-0.05, 0) is 63.3 Å². The van der Waals surface area contributed by atoms with Crippen molar-refractivity contribution >= 4 is 33.3 Å². The summed E-state index contributed by atoms with van der Waals surface area (Å²) in [6.07, 6.45) is 4.08. The standard InChI is InChI=1S/C28H27NO4S/c1-4-32-19-13-14-23-21(15-19)22(16-24(33-23)18-11-9-17(2)10-12-18)29-27-26(28(30)31-3)20-7-5-6-8-25(20)34-27/h9-16H,4-8H2,1-3H3/b29-22+. The second-order valence-corrected chi connectivity index (χ2v) is 9.53. The van der Waals surface area contributed by atoms with Crippen LogP contribution in [0, 0.1) is 6.92 Å². The number of carbonyl (C=O) groups excluding carboxylic acids is 1. The van der Waals surface area contributed by atoms with Crippen molar-refractivity contribution in [2.45, 2.75) is 39.5 Å². The zero-order valence-corrected chi connectivity index (χ0v) is 20.5. The highest BCUT2D eigenvalue weighted by molar-refractivity contribution is 7.16. The molecule has 174 valence electrons. The van der Waals surface area contributed by atoms with Crippen molar-refractivity contribution in [1.29, 1.82) is 0 Å². The van der Waals surface area contributed by atoms with Crippen LogP contribution in [0.5, 0.6) is 5.75 Å². The smallest absolute Gasteiger partial charge is 0.341 e. The Balaban J connectivity index is 1.77. The first-order valence-electron chi connectivity index (χ1n) is 11.6. The predicted octanol–water partition coefficient (Wildman–Crippen LogP) is 6.77. The van der Waals surface area contributed by atoms with Gasteiger partial charge in [0, 0.05) is 21.9 Å². The fourth-order valence-electron chi connectivity index (χ4n) is 4.41. The van der Waals surface area contributed by atoms with E-state index in [1.54, 1.807) is 11.3 Å². The third-order valence-corrected chi connectivity index (χ3v) is 7.31. The van der Waals surface area contributed by atoms with E-state index >= 15 is 0 Å². The molecular weight excluding hydrogens is 446 g/mol. The Bertz CT molecular complexity index is 1430. The molecule has 0 atom stereocenters. The van der Waals surface area contributed by atoms with Crippen LogP contribution in [0.25, 0.3) is 22.3 Å². The Hall–Kier alpha value is -3.38. The number of nitrogens with zero attached hydrogens (tertiary/aromatic N) is 1. The number of methoxy groups -OCH3 is 1. The third-order valence-electron chi connectivity index (χ3n) is 6.13. The molecule has 0 saturated heterocycles. The number of hydrogen-bond donors (Lipinski definition) is 0. The number of benzene rings is 2. The molecule has 1 aliphatic carbocycles. The molecule has 5 rings (SSSR count). The van der Waals surface area contributed by atoms with Gasteiger partial charge in [-0.15, -0.1) is 11.3 Å². The van der Waals surface area contributed by atoms with Crippen molar-refractivity contribution in [1.82, 2.24) is 0 Å². The van der Waals surface area contributed by atoms with Crippen molar-refractivity contribution in [2.24, 2.45) is 4.99 Å². The van der Waals surface area contributed by atoms with Crippen LogP contribution in [0.1, 0.15) is 46.1 Å². The van der Waals surface area contributed by atoms with E-state index in [9.17, 15) is 4.79 Å². The molecule has 0 fully saturated rings. The molecule has 1 aliphatic rings. The lowest BCUT2D eigenvalue weighted by molar-refractivity contribution is 0.0600. The van der Waals surface area contributed by atoms with Crippen molar-refractivity contribution in [3.8, 4) is 17.1 Å². The molecule has 2 aromatic carbocycles. The first-order valence-corrected chi connectivity index (χ1v) is 12.4. The van der Waals surface area contributed by atoms with Crippen molar-refractivity contribution in [3.63, 3.8) is 0 Å². The molecule has 0 N–H and O–H groups in total. The topological polar surface area (TPSA) is 61.0 Å². The minimum atomic E-state index is -0.322. The summed E-state index contributed by atoms with van der Waals surface area (Å²) in [5.41, 5.74) is 4.56. The lowest BCUT2D eigenvalue weighted by atomic mass is 9.95. The average Bonchev–Trinajstić information content (AvgIpc) is 3.22. The van der Waals surface area contributed by atoms with Gasteiger partial charge in [-0.2, -0.15) is 0 Å². The number of hydrogen-bond acceptors (Lipinski definition) is 6. The summed E-state index contributed by atoms with van der Waals surface area (Å²) in [4.78, 5) is 19.1. The Morgan fingerprint density at radius 3 is 2.65 bits per heavy atom. The summed E-state index contributed by atoms with van der Waals surface area (Å²) in [6, 6.07) is 15.9. The molecule has 2 aromatic heterocycles. The molecule has 0 spiro atoms. The van der Waals surface area contributed by atoms with Crippen LogP contribution >= 0.6 is 11.3 Å². The maximum atomic E-state index is 12.8. The average molecular weight is 474 g/mol. The van der Waals surface area contributed by atoms with E-state index in [2.05, 4.69) is 19.1 Å². The zero-order valence-electron chi connectivity index (χ0n) is 19.6. The van der Waals surface area contributed by atoms with Gasteiger partial charge >= 0.3 is 5.97 Å². The van der Waals surface area contributed by atoms with Gasteiger partial charge in [0.2, 0.25) is 0 Å². The second-order valence-electron chi connectivity index (χ2n) is 8.45. The van der Waals surface area contributed by atoms with Crippen molar-refractivity contribution in [2.75, 3.05) is 13.7 Å². The van der Waals surface area contributed by atoms with Crippen LogP contribution in [0.15, 0.2) is 57.9 Å². The van der Waals surface area contributed by atoms with Gasteiger partial charge in [0.05, 0.1) is 24.6 Å². The first kappa shape index (κ1) is 22.4. The molecule has 4 aromatic rings. The normalized spacial score (nSPS) is 13.7. The monoisotopic (exact) mass is 473 g/mol. The maximum Gasteiger partial charge on any atom is 0.341 e. The van der Waals surface area contributed by atoms with Gasteiger partial charge in [0.1, 0.15) is 22.1 Å². The molecule has 0 aliphatic heterocycles. The Kier molecular flexibility index (Phi) is 6.24. The highest BCUT2D eigenvalue weighted by atomic mass is 32.1. The van der Waals surface area contributed by atoms with E-state index in [0.717, 1.165) is 59.1 Å². The number of esters is 1. The molecule has 6 heteroatoms. The molecule has 2 heterocycles. The van der Waals surface area contributed by atoms with Gasteiger partial charge in [-0.3, -0.25) is 0 Å². The number of fused-ring (bicyclic) bond motifs is 2. The van der Waals surface area contributed by atoms with Gasteiger partial charge in [-0.1, -0.05) is 29.8 Å². The fraction of sp³-hybridized carbons (Fsp3) is 0.286. The van der Waals surface area contributed by atoms with E-state index < -0.39 is 0 Å². The number of aryl methyl sites for hydroxylation is 2. The second kappa shape index (κ2) is 9.47. The quantitative estimate of drug-likeness (QED) is 0.300. The Morgan fingerprint density at radius 1 is 1.09 bits per heavy atom. The van der Waals surface area contributed by atoms with Crippen LogP contribution in [-0.2, 0) is 17.6 Å². The van der Waals surface area contributed by atoms with E-state index in [1.807, 2.05) is 43.3 Å². The van der Waals surface area contributed by atoms with E-state index in [1.165, 1.54) is 17.6 Å². The minimum Gasteiger partial charge on any atom is -0.494 e. The van der Waals surface area contributed by atoms with E-state index in [0.29, 0.717) is 22.8 Å². The largest absolute Gasteiger partial charge is 0.494 e. The van der Waals surface area contributed by atoms with Crippen molar-refractivity contribution in [3.05, 3.63) is 75.5 Å². The fourth-order valence-corrected chi connectivity index (χ4v) is 5.67. The summed E-state index contributed by atoms with van der Waals surface area (Å²) >= 11 is 1.60. The molecule has 0 saturated carbocycles. The summed E-state index contributed by atoms with van der Waals surface area (Å²) in [7, 11) is 1.43. The highest BCUT2D eigenvalue weighted by Gasteiger charge is 2.26. The zero-order chi connectivity index (χ0) is 23.7. The van der Waals surface area contributed by atoms with E-state index in [-0.39, 0.29) is 5.97 Å².